The third-order valence-electron chi connectivity index (χ3n) is 4.22. The summed E-state index contributed by atoms with van der Waals surface area (Å²) in [5.41, 5.74) is 3.00. The average molecular weight is 364 g/mol. The van der Waals surface area contributed by atoms with Crippen LogP contribution in [0.2, 0.25) is 0 Å². The van der Waals surface area contributed by atoms with Crippen LogP contribution in [0, 0.1) is 6.92 Å². The Hall–Kier alpha value is -3.08. The van der Waals surface area contributed by atoms with Crippen molar-refractivity contribution < 1.29 is 9.53 Å². The lowest BCUT2D eigenvalue weighted by atomic mass is 10.1. The number of benzene rings is 2. The minimum atomic E-state index is -0.154. The van der Waals surface area contributed by atoms with Crippen molar-refractivity contribution in [2.24, 2.45) is 0 Å². The Morgan fingerprint density at radius 3 is 2.70 bits per heavy atom. The maximum atomic E-state index is 12.4. The Kier molecular flexibility index (Phi) is 5.60. The molecule has 0 aliphatic rings. The fourth-order valence-corrected chi connectivity index (χ4v) is 2.93. The van der Waals surface area contributed by atoms with Crippen molar-refractivity contribution in [2.45, 2.75) is 39.7 Å². The van der Waals surface area contributed by atoms with E-state index in [1.165, 1.54) is 0 Å². The number of hydrogen-bond acceptors (Lipinski definition) is 3. The molecule has 0 bridgehead atoms. The lowest BCUT2D eigenvalue weighted by molar-refractivity contribution is -0.116. The molecule has 0 spiro atoms. The molecule has 0 saturated heterocycles. The van der Waals surface area contributed by atoms with Crippen molar-refractivity contribution in [3.63, 3.8) is 0 Å². The molecule has 0 saturated carbocycles. The van der Waals surface area contributed by atoms with Crippen LogP contribution >= 0.6 is 0 Å². The lowest BCUT2D eigenvalue weighted by Crippen LogP contribution is -2.18. The number of carbonyl (C=O) groups excluding carboxylic acids is 1. The molecule has 0 fully saturated rings. The summed E-state index contributed by atoms with van der Waals surface area (Å²) in [7, 11) is 0. The first-order valence-corrected chi connectivity index (χ1v) is 9.10. The third-order valence-corrected chi connectivity index (χ3v) is 4.22. The van der Waals surface area contributed by atoms with Crippen LogP contribution in [0.5, 0.6) is 5.75 Å². The number of H-pyrrole nitrogens is 1. The van der Waals surface area contributed by atoms with Crippen LogP contribution < -0.4 is 15.6 Å². The Labute approximate surface area is 158 Å². The van der Waals surface area contributed by atoms with Gasteiger partial charge in [-0.15, -0.1) is 0 Å². The molecule has 1 aromatic heterocycles. The van der Waals surface area contributed by atoms with Crippen molar-refractivity contribution in [3.8, 4) is 5.75 Å². The van der Waals surface area contributed by atoms with E-state index in [9.17, 15) is 9.59 Å². The number of fused-ring (bicyclic) bond motifs is 1. The van der Waals surface area contributed by atoms with E-state index in [1.807, 2.05) is 63.2 Å². The highest BCUT2D eigenvalue weighted by Gasteiger charge is 2.11. The molecule has 27 heavy (non-hydrogen) atoms. The fraction of sp³-hybridized carbons (Fsp3) is 0.273. The van der Waals surface area contributed by atoms with Crippen LogP contribution in [0.1, 0.15) is 31.4 Å². The normalized spacial score (nSPS) is 11.0. The maximum absolute atomic E-state index is 12.4. The van der Waals surface area contributed by atoms with E-state index >= 15 is 0 Å². The predicted molar refractivity (Wildman–Crippen MR) is 108 cm³/mol. The first-order chi connectivity index (χ1) is 12.9. The summed E-state index contributed by atoms with van der Waals surface area (Å²) in [5, 5.41) is 3.84. The van der Waals surface area contributed by atoms with Crippen molar-refractivity contribution in [1.82, 2.24) is 4.98 Å². The molecule has 140 valence electrons. The van der Waals surface area contributed by atoms with Crippen LogP contribution in [-0.2, 0) is 11.2 Å². The van der Waals surface area contributed by atoms with Crippen molar-refractivity contribution in [1.29, 1.82) is 0 Å². The number of aryl methyl sites for hydroxylation is 2. The molecular weight excluding hydrogens is 340 g/mol. The van der Waals surface area contributed by atoms with Gasteiger partial charge in [0.1, 0.15) is 5.75 Å². The summed E-state index contributed by atoms with van der Waals surface area (Å²) >= 11 is 0. The highest BCUT2D eigenvalue weighted by molar-refractivity contribution is 5.92. The molecule has 2 N–H and O–H groups in total. The molecule has 3 rings (SSSR count). The molecule has 0 aliphatic carbocycles. The van der Waals surface area contributed by atoms with E-state index in [-0.39, 0.29) is 24.0 Å². The van der Waals surface area contributed by atoms with Crippen LogP contribution in [0.4, 0.5) is 5.69 Å². The number of hydrogen-bond donors (Lipinski definition) is 2. The zero-order chi connectivity index (χ0) is 19.4. The van der Waals surface area contributed by atoms with Gasteiger partial charge in [-0.25, -0.2) is 0 Å². The van der Waals surface area contributed by atoms with Gasteiger partial charge in [-0.05, 0) is 62.4 Å². The topological polar surface area (TPSA) is 71.2 Å². The van der Waals surface area contributed by atoms with Crippen molar-refractivity contribution >= 4 is 22.5 Å². The van der Waals surface area contributed by atoms with Crippen LogP contribution in [-0.4, -0.2) is 17.0 Å². The smallest absolute Gasteiger partial charge is 0.251 e. The van der Waals surface area contributed by atoms with E-state index in [0.29, 0.717) is 23.4 Å². The Balaban J connectivity index is 1.70. The summed E-state index contributed by atoms with van der Waals surface area (Å²) in [4.78, 5) is 27.5. The molecular formula is C22H24N2O3. The minimum absolute atomic E-state index is 0.0165. The van der Waals surface area contributed by atoms with Crippen molar-refractivity contribution in [2.75, 3.05) is 5.32 Å². The summed E-state index contributed by atoms with van der Waals surface area (Å²) in [6.07, 6.45) is 0.608. The molecule has 3 aromatic rings. The van der Waals surface area contributed by atoms with Gasteiger partial charge in [0, 0.05) is 17.5 Å². The molecule has 5 heteroatoms. The first kappa shape index (κ1) is 18.7. The standard InChI is InChI=1S/C22H24N2O3/c1-14(2)27-20-7-5-4-6-18(20)23-21(25)11-10-17-13-16-9-8-15(3)12-19(16)24-22(17)26/h4-9,12-14H,10-11H2,1-3H3,(H,23,25)(H,24,26). The largest absolute Gasteiger partial charge is 0.489 e. The van der Waals surface area contributed by atoms with E-state index in [1.54, 1.807) is 6.07 Å². The van der Waals surface area contributed by atoms with E-state index in [0.717, 1.165) is 16.5 Å². The number of pyridine rings is 1. The number of nitrogens with one attached hydrogen (secondary N) is 2. The molecule has 5 nitrogen and oxygen atoms in total. The quantitative estimate of drug-likeness (QED) is 0.689. The van der Waals surface area contributed by atoms with Gasteiger partial charge in [0.2, 0.25) is 5.91 Å². The number of rotatable bonds is 6. The van der Waals surface area contributed by atoms with Gasteiger partial charge in [-0.3, -0.25) is 9.59 Å². The number of carbonyl (C=O) groups is 1. The average Bonchev–Trinajstić information content (AvgIpc) is 2.61. The second-order valence-corrected chi connectivity index (χ2v) is 6.93. The molecule has 1 amide bonds. The zero-order valence-electron chi connectivity index (χ0n) is 15.8. The van der Waals surface area contributed by atoms with Gasteiger partial charge in [-0.2, -0.15) is 0 Å². The molecule has 1 heterocycles. The number of aromatic nitrogens is 1. The van der Waals surface area contributed by atoms with Gasteiger partial charge >= 0.3 is 0 Å². The highest BCUT2D eigenvalue weighted by atomic mass is 16.5. The van der Waals surface area contributed by atoms with Crippen LogP contribution in [0.15, 0.2) is 53.3 Å². The van der Waals surface area contributed by atoms with E-state index in [2.05, 4.69) is 10.3 Å². The SMILES string of the molecule is Cc1ccc2cc(CCC(=O)Nc3ccccc3OC(C)C)c(=O)[nH]c2c1. The van der Waals surface area contributed by atoms with E-state index in [4.69, 9.17) is 4.74 Å². The zero-order valence-corrected chi connectivity index (χ0v) is 15.8. The number of aromatic amines is 1. The summed E-state index contributed by atoms with van der Waals surface area (Å²) in [6.45, 7) is 5.86. The summed E-state index contributed by atoms with van der Waals surface area (Å²) in [6, 6.07) is 15.1. The Morgan fingerprint density at radius 2 is 1.93 bits per heavy atom. The number of anilines is 1. The van der Waals surface area contributed by atoms with Gasteiger partial charge in [0.25, 0.3) is 5.56 Å². The fourth-order valence-electron chi connectivity index (χ4n) is 2.93. The summed E-state index contributed by atoms with van der Waals surface area (Å²) < 4.78 is 5.72. The van der Waals surface area contributed by atoms with Crippen LogP contribution in [0.25, 0.3) is 10.9 Å². The predicted octanol–water partition coefficient (Wildman–Crippen LogP) is 4.20. The molecule has 0 atom stereocenters. The maximum Gasteiger partial charge on any atom is 0.251 e. The number of amides is 1. The molecule has 0 radical (unpaired) electrons. The minimum Gasteiger partial charge on any atom is -0.489 e. The molecule has 0 aliphatic heterocycles. The second kappa shape index (κ2) is 8.08. The molecule has 0 unspecified atom stereocenters. The van der Waals surface area contributed by atoms with Crippen LogP contribution in [0.3, 0.4) is 0 Å². The van der Waals surface area contributed by atoms with Gasteiger partial charge in [0.15, 0.2) is 0 Å². The third kappa shape index (κ3) is 4.76. The van der Waals surface area contributed by atoms with Gasteiger partial charge < -0.3 is 15.0 Å². The number of ether oxygens (including phenoxy) is 1. The monoisotopic (exact) mass is 364 g/mol. The summed E-state index contributed by atoms with van der Waals surface area (Å²) in [5.74, 6) is 0.484. The highest BCUT2D eigenvalue weighted by Crippen LogP contribution is 2.25. The first-order valence-electron chi connectivity index (χ1n) is 9.10. The van der Waals surface area contributed by atoms with Gasteiger partial charge in [0.05, 0.1) is 11.8 Å². The van der Waals surface area contributed by atoms with Gasteiger partial charge in [-0.1, -0.05) is 24.3 Å². The number of para-hydroxylation sites is 2. The second-order valence-electron chi connectivity index (χ2n) is 6.93. The molecule has 2 aromatic carbocycles. The Morgan fingerprint density at radius 1 is 1.15 bits per heavy atom. The van der Waals surface area contributed by atoms with E-state index < -0.39 is 0 Å². The lowest BCUT2D eigenvalue weighted by Gasteiger charge is -2.14. The van der Waals surface area contributed by atoms with Crippen molar-refractivity contribution in [3.05, 3.63) is 70.0 Å². The Bertz CT molecular complexity index is 1020.